The molecular formula is C25H33Cl2N3O6S. The molecular weight excluding hydrogens is 541 g/mol. The number of hydrogen-bond acceptors (Lipinski definition) is 6. The summed E-state index contributed by atoms with van der Waals surface area (Å²) in [6, 6.07) is 8.56. The van der Waals surface area contributed by atoms with E-state index in [2.05, 4.69) is 5.32 Å². The zero-order chi connectivity index (χ0) is 27.8. The highest BCUT2D eigenvalue weighted by molar-refractivity contribution is 7.92. The van der Waals surface area contributed by atoms with E-state index in [1.165, 1.54) is 31.3 Å². The quantitative estimate of drug-likeness (QED) is 0.361. The molecule has 0 saturated heterocycles. The van der Waals surface area contributed by atoms with Gasteiger partial charge in [-0.25, -0.2) is 8.42 Å². The van der Waals surface area contributed by atoms with Crippen molar-refractivity contribution in [1.82, 2.24) is 10.2 Å². The number of nitrogens with one attached hydrogen (secondary N) is 1. The Labute approximate surface area is 228 Å². The molecule has 0 radical (unpaired) electrons. The van der Waals surface area contributed by atoms with Crippen LogP contribution in [0.5, 0.6) is 11.5 Å². The van der Waals surface area contributed by atoms with E-state index in [0.29, 0.717) is 27.9 Å². The van der Waals surface area contributed by atoms with Gasteiger partial charge in [0.2, 0.25) is 21.8 Å². The molecule has 0 saturated carbocycles. The molecule has 2 aromatic rings. The van der Waals surface area contributed by atoms with Crippen LogP contribution in [-0.2, 0) is 26.2 Å². The van der Waals surface area contributed by atoms with Crippen LogP contribution in [0.4, 0.5) is 5.69 Å². The van der Waals surface area contributed by atoms with Crippen molar-refractivity contribution in [2.45, 2.75) is 39.3 Å². The van der Waals surface area contributed by atoms with Crippen LogP contribution in [-0.4, -0.2) is 64.7 Å². The number of carbonyl (C=O) groups is 2. The van der Waals surface area contributed by atoms with E-state index in [-0.39, 0.29) is 23.9 Å². The minimum Gasteiger partial charge on any atom is -0.497 e. The van der Waals surface area contributed by atoms with Crippen LogP contribution in [0.25, 0.3) is 0 Å². The molecule has 204 valence electrons. The third-order valence-corrected chi connectivity index (χ3v) is 7.56. The smallest absolute Gasteiger partial charge is 0.244 e. The van der Waals surface area contributed by atoms with Gasteiger partial charge in [-0.3, -0.25) is 13.9 Å². The molecule has 0 aliphatic carbocycles. The van der Waals surface area contributed by atoms with Gasteiger partial charge in [-0.05, 0) is 37.6 Å². The molecule has 2 rings (SSSR count). The zero-order valence-corrected chi connectivity index (χ0v) is 23.9. The lowest BCUT2D eigenvalue weighted by atomic mass is 10.1. The maximum absolute atomic E-state index is 13.7. The van der Waals surface area contributed by atoms with E-state index in [9.17, 15) is 18.0 Å². The first-order chi connectivity index (χ1) is 17.4. The van der Waals surface area contributed by atoms with Gasteiger partial charge in [0.05, 0.1) is 26.2 Å². The van der Waals surface area contributed by atoms with Gasteiger partial charge in [-0.15, -0.1) is 0 Å². The first kappa shape index (κ1) is 30.5. The van der Waals surface area contributed by atoms with Gasteiger partial charge < -0.3 is 19.7 Å². The average molecular weight is 575 g/mol. The molecule has 2 aromatic carbocycles. The maximum atomic E-state index is 13.7. The number of rotatable bonds is 13. The van der Waals surface area contributed by atoms with Gasteiger partial charge in [0, 0.05) is 34.8 Å². The third kappa shape index (κ3) is 8.15. The van der Waals surface area contributed by atoms with E-state index in [4.69, 9.17) is 32.7 Å². The standard InChI is InChI=1S/C25H33Cl2N3O6S/c1-6-7-13-28-25(32)17(2)29(15-19-20(26)9-8-10-21(19)27)24(31)16-30(37(5,33)34)22-12-11-18(35-3)14-23(22)36-4/h8-12,14,17H,6-7,13,15-16H2,1-5H3,(H,28,32)/t17-/m0/s1. The first-order valence-electron chi connectivity index (χ1n) is 11.6. The molecule has 2 amide bonds. The minimum absolute atomic E-state index is 0.100. The summed E-state index contributed by atoms with van der Waals surface area (Å²) in [6.07, 6.45) is 2.65. The number of halogens is 2. The van der Waals surface area contributed by atoms with Gasteiger partial charge in [-0.1, -0.05) is 42.6 Å². The summed E-state index contributed by atoms with van der Waals surface area (Å²) in [4.78, 5) is 27.9. The third-order valence-electron chi connectivity index (χ3n) is 5.72. The molecule has 1 N–H and O–H groups in total. The van der Waals surface area contributed by atoms with Gasteiger partial charge in [0.1, 0.15) is 24.1 Å². The average Bonchev–Trinajstić information content (AvgIpc) is 2.85. The lowest BCUT2D eigenvalue weighted by molar-refractivity contribution is -0.139. The van der Waals surface area contributed by atoms with Crippen LogP contribution in [0.15, 0.2) is 36.4 Å². The minimum atomic E-state index is -3.94. The number of ether oxygens (including phenoxy) is 2. The van der Waals surface area contributed by atoms with Crippen LogP contribution < -0.4 is 19.1 Å². The second-order valence-corrected chi connectivity index (χ2v) is 11.1. The molecule has 0 heterocycles. The second-order valence-electron chi connectivity index (χ2n) is 8.35. The molecule has 0 bridgehead atoms. The number of hydrogen-bond donors (Lipinski definition) is 1. The number of benzene rings is 2. The Balaban J connectivity index is 2.48. The lowest BCUT2D eigenvalue weighted by Gasteiger charge is -2.32. The van der Waals surface area contributed by atoms with Crippen molar-refractivity contribution >= 4 is 50.7 Å². The number of amides is 2. The highest BCUT2D eigenvalue weighted by atomic mass is 35.5. The molecule has 37 heavy (non-hydrogen) atoms. The monoisotopic (exact) mass is 573 g/mol. The molecule has 9 nitrogen and oxygen atoms in total. The van der Waals surface area contributed by atoms with Crippen molar-refractivity contribution in [3.8, 4) is 11.5 Å². The van der Waals surface area contributed by atoms with Gasteiger partial charge in [0.25, 0.3) is 0 Å². The number of methoxy groups -OCH3 is 2. The Kier molecular flexibility index (Phi) is 11.3. The predicted octanol–water partition coefficient (Wildman–Crippen LogP) is 4.11. The fourth-order valence-electron chi connectivity index (χ4n) is 3.56. The van der Waals surface area contributed by atoms with E-state index >= 15 is 0 Å². The normalized spacial score (nSPS) is 12.0. The van der Waals surface area contributed by atoms with Crippen molar-refractivity contribution in [1.29, 1.82) is 0 Å². The largest absolute Gasteiger partial charge is 0.497 e. The molecule has 1 atom stereocenters. The van der Waals surface area contributed by atoms with Crippen LogP contribution in [0.1, 0.15) is 32.3 Å². The number of sulfonamides is 1. The SMILES string of the molecule is CCCCNC(=O)[C@H](C)N(Cc1c(Cl)cccc1Cl)C(=O)CN(c1ccc(OC)cc1OC)S(C)(=O)=O. The summed E-state index contributed by atoms with van der Waals surface area (Å²) in [5.41, 5.74) is 0.593. The number of anilines is 1. The van der Waals surface area contributed by atoms with Crippen LogP contribution in [0.2, 0.25) is 10.0 Å². The van der Waals surface area contributed by atoms with Crippen molar-refractivity contribution < 1.29 is 27.5 Å². The fraction of sp³-hybridized carbons (Fsp3) is 0.440. The van der Waals surface area contributed by atoms with E-state index < -0.39 is 28.5 Å². The predicted molar refractivity (Wildman–Crippen MR) is 146 cm³/mol. The zero-order valence-electron chi connectivity index (χ0n) is 21.6. The molecule has 0 aromatic heterocycles. The Bertz CT molecular complexity index is 1190. The molecule has 0 spiro atoms. The van der Waals surface area contributed by atoms with E-state index in [1.807, 2.05) is 6.92 Å². The molecule has 0 unspecified atom stereocenters. The highest BCUT2D eigenvalue weighted by Crippen LogP contribution is 2.34. The van der Waals surface area contributed by atoms with E-state index in [0.717, 1.165) is 23.4 Å². The van der Waals surface area contributed by atoms with Gasteiger partial charge >= 0.3 is 0 Å². The Morgan fingerprint density at radius 3 is 2.27 bits per heavy atom. The Hall–Kier alpha value is -2.69. The van der Waals surface area contributed by atoms with Crippen LogP contribution in [0.3, 0.4) is 0 Å². The molecule has 12 heteroatoms. The first-order valence-corrected chi connectivity index (χ1v) is 14.2. The van der Waals surface area contributed by atoms with Crippen molar-refractivity contribution in [2.75, 3.05) is 37.9 Å². The summed E-state index contributed by atoms with van der Waals surface area (Å²) < 4.78 is 37.1. The maximum Gasteiger partial charge on any atom is 0.244 e. The molecule has 0 aliphatic rings. The van der Waals surface area contributed by atoms with Gasteiger partial charge in [0.15, 0.2) is 0 Å². The van der Waals surface area contributed by atoms with Crippen molar-refractivity contribution in [3.05, 3.63) is 52.0 Å². The Morgan fingerprint density at radius 2 is 1.73 bits per heavy atom. The summed E-state index contributed by atoms with van der Waals surface area (Å²) in [6.45, 7) is 3.33. The van der Waals surface area contributed by atoms with Gasteiger partial charge in [-0.2, -0.15) is 0 Å². The number of unbranched alkanes of at least 4 members (excludes halogenated alkanes) is 1. The molecule has 0 fully saturated rings. The van der Waals surface area contributed by atoms with Crippen LogP contribution >= 0.6 is 23.2 Å². The Morgan fingerprint density at radius 1 is 1.08 bits per heavy atom. The van der Waals surface area contributed by atoms with Crippen molar-refractivity contribution in [2.24, 2.45) is 0 Å². The van der Waals surface area contributed by atoms with Crippen molar-refractivity contribution in [3.63, 3.8) is 0 Å². The number of nitrogens with zero attached hydrogens (tertiary/aromatic N) is 2. The topological polar surface area (TPSA) is 105 Å². The molecule has 0 aliphatic heterocycles. The van der Waals surface area contributed by atoms with Crippen LogP contribution in [0, 0.1) is 0 Å². The second kappa shape index (κ2) is 13.7. The lowest BCUT2D eigenvalue weighted by Crippen LogP contribution is -2.51. The fourth-order valence-corrected chi connectivity index (χ4v) is 4.93. The van der Waals surface area contributed by atoms with E-state index in [1.54, 1.807) is 31.2 Å². The summed E-state index contributed by atoms with van der Waals surface area (Å²) in [5, 5.41) is 3.46. The highest BCUT2D eigenvalue weighted by Gasteiger charge is 2.32. The summed E-state index contributed by atoms with van der Waals surface area (Å²) in [7, 11) is -1.09. The summed E-state index contributed by atoms with van der Waals surface area (Å²) >= 11 is 12.7. The summed E-state index contributed by atoms with van der Waals surface area (Å²) in [5.74, 6) is -0.355. The number of carbonyl (C=O) groups excluding carboxylic acids is 2.